The highest BCUT2D eigenvalue weighted by molar-refractivity contribution is 5.89. The summed E-state index contributed by atoms with van der Waals surface area (Å²) in [4.78, 5) is 10.5. The normalized spacial score (nSPS) is 11.9. The summed E-state index contributed by atoms with van der Waals surface area (Å²) in [5.41, 5.74) is 5.42. The number of carbonyl (C=O) groups is 1. The maximum absolute atomic E-state index is 10.5. The first kappa shape index (κ1) is 15.3. The van der Waals surface area contributed by atoms with E-state index in [9.17, 15) is 4.79 Å². The molecule has 0 atom stereocenters. The van der Waals surface area contributed by atoms with Crippen LogP contribution >= 0.6 is 0 Å². The fourth-order valence-electron chi connectivity index (χ4n) is 3.05. The Bertz CT molecular complexity index is 878. The maximum atomic E-state index is 10.5. The summed E-state index contributed by atoms with van der Waals surface area (Å²) < 4.78 is 0. The average Bonchev–Trinajstić information content (AvgIpc) is 2.47. The number of hydrogen-bond donors (Lipinski definition) is 1. The van der Waals surface area contributed by atoms with Gasteiger partial charge in [0.05, 0.1) is 5.56 Å². The SMILES string of the molecule is Cc1ccc(C(=O)O)c(C)c1.c1ccc2c3c(ccc2c1)CC3. The Hall–Kier alpha value is -2.61. The van der Waals surface area contributed by atoms with Gasteiger partial charge in [0.2, 0.25) is 0 Å². The van der Waals surface area contributed by atoms with Crippen LogP contribution in [0.25, 0.3) is 10.8 Å². The second-order valence-electron chi connectivity index (χ2n) is 6.05. The summed E-state index contributed by atoms with van der Waals surface area (Å²) >= 11 is 0. The molecule has 2 heteroatoms. The van der Waals surface area contributed by atoms with Gasteiger partial charge in [-0.25, -0.2) is 4.79 Å². The van der Waals surface area contributed by atoms with Gasteiger partial charge in [-0.05, 0) is 60.2 Å². The molecule has 23 heavy (non-hydrogen) atoms. The number of aryl methyl sites for hydroxylation is 4. The van der Waals surface area contributed by atoms with Crippen LogP contribution in [0.2, 0.25) is 0 Å². The van der Waals surface area contributed by atoms with Crippen LogP contribution in [0.5, 0.6) is 0 Å². The lowest BCUT2D eigenvalue weighted by atomic mass is 9.84. The molecule has 0 bridgehead atoms. The first-order valence-corrected chi connectivity index (χ1v) is 7.86. The van der Waals surface area contributed by atoms with E-state index in [2.05, 4.69) is 36.4 Å². The van der Waals surface area contributed by atoms with E-state index in [-0.39, 0.29) is 0 Å². The molecule has 0 fully saturated rings. The number of carboxylic acids is 1. The van der Waals surface area contributed by atoms with Crippen LogP contribution in [-0.4, -0.2) is 11.1 Å². The molecule has 0 heterocycles. The van der Waals surface area contributed by atoms with Gasteiger partial charge in [-0.15, -0.1) is 0 Å². The molecule has 0 aromatic heterocycles. The molecule has 0 saturated carbocycles. The number of fused-ring (bicyclic) bond motifs is 3. The van der Waals surface area contributed by atoms with Crippen LogP contribution in [0.4, 0.5) is 0 Å². The molecule has 3 aromatic carbocycles. The van der Waals surface area contributed by atoms with Crippen molar-refractivity contribution in [1.82, 2.24) is 0 Å². The second-order valence-corrected chi connectivity index (χ2v) is 6.05. The standard InChI is InChI=1S/C12H10.C9H10O2/c1-2-4-11-9(3-1)5-6-10-7-8-12(10)11;1-6-3-4-8(9(10)11)7(2)5-6/h1-6H,7-8H2;3-5H,1-2H3,(H,10,11). The van der Waals surface area contributed by atoms with E-state index in [0.717, 1.165) is 11.1 Å². The molecule has 0 saturated heterocycles. The van der Waals surface area contributed by atoms with Gasteiger partial charge in [-0.3, -0.25) is 0 Å². The molecule has 0 unspecified atom stereocenters. The highest BCUT2D eigenvalue weighted by Gasteiger charge is 2.14. The van der Waals surface area contributed by atoms with Crippen molar-refractivity contribution in [2.24, 2.45) is 0 Å². The van der Waals surface area contributed by atoms with Crippen molar-refractivity contribution in [2.75, 3.05) is 0 Å². The first-order chi connectivity index (χ1) is 11.1. The van der Waals surface area contributed by atoms with E-state index < -0.39 is 5.97 Å². The molecule has 0 radical (unpaired) electrons. The van der Waals surface area contributed by atoms with Gasteiger partial charge in [0, 0.05) is 0 Å². The Labute approximate surface area is 136 Å². The summed E-state index contributed by atoms with van der Waals surface area (Å²) in [6, 6.07) is 18.4. The smallest absolute Gasteiger partial charge is 0.335 e. The first-order valence-electron chi connectivity index (χ1n) is 7.86. The lowest BCUT2D eigenvalue weighted by Crippen LogP contribution is -2.07. The van der Waals surface area contributed by atoms with Crippen molar-refractivity contribution < 1.29 is 9.90 Å². The van der Waals surface area contributed by atoms with Crippen molar-refractivity contribution in [3.63, 3.8) is 0 Å². The third-order valence-electron chi connectivity index (χ3n) is 4.39. The predicted octanol–water partition coefficient (Wildman–Crippen LogP) is 4.94. The Morgan fingerprint density at radius 3 is 2.39 bits per heavy atom. The number of benzene rings is 3. The minimum Gasteiger partial charge on any atom is -0.478 e. The molecule has 0 spiro atoms. The monoisotopic (exact) mass is 304 g/mol. The van der Waals surface area contributed by atoms with Gasteiger partial charge in [0.15, 0.2) is 0 Å². The quantitative estimate of drug-likeness (QED) is 0.691. The Morgan fingerprint density at radius 2 is 1.74 bits per heavy atom. The van der Waals surface area contributed by atoms with Crippen molar-refractivity contribution in [2.45, 2.75) is 26.7 Å². The largest absolute Gasteiger partial charge is 0.478 e. The molecule has 3 aromatic rings. The van der Waals surface area contributed by atoms with Crippen LogP contribution < -0.4 is 0 Å². The van der Waals surface area contributed by atoms with Gasteiger partial charge in [0.1, 0.15) is 0 Å². The molecule has 1 aliphatic rings. The Morgan fingerprint density at radius 1 is 0.957 bits per heavy atom. The number of aromatic carboxylic acids is 1. The van der Waals surface area contributed by atoms with Gasteiger partial charge in [-0.1, -0.05) is 54.1 Å². The van der Waals surface area contributed by atoms with Crippen molar-refractivity contribution in [3.8, 4) is 0 Å². The van der Waals surface area contributed by atoms with Crippen LogP contribution in [-0.2, 0) is 12.8 Å². The van der Waals surface area contributed by atoms with E-state index in [4.69, 9.17) is 5.11 Å². The van der Waals surface area contributed by atoms with E-state index in [1.165, 1.54) is 23.6 Å². The molecule has 1 aliphatic carbocycles. The van der Waals surface area contributed by atoms with Crippen LogP contribution in [0, 0.1) is 13.8 Å². The van der Waals surface area contributed by atoms with E-state index in [1.807, 2.05) is 13.0 Å². The number of carboxylic acid groups (broad SMARTS) is 1. The average molecular weight is 304 g/mol. The topological polar surface area (TPSA) is 37.3 Å². The molecule has 4 rings (SSSR count). The zero-order valence-electron chi connectivity index (χ0n) is 13.5. The van der Waals surface area contributed by atoms with Gasteiger partial charge >= 0.3 is 5.97 Å². The van der Waals surface area contributed by atoms with Crippen LogP contribution in [0.15, 0.2) is 54.6 Å². The Kier molecular flexibility index (Phi) is 4.16. The summed E-state index contributed by atoms with van der Waals surface area (Å²) in [7, 11) is 0. The van der Waals surface area contributed by atoms with Crippen molar-refractivity contribution >= 4 is 16.7 Å². The fraction of sp³-hybridized carbons (Fsp3) is 0.190. The van der Waals surface area contributed by atoms with Crippen molar-refractivity contribution in [1.29, 1.82) is 0 Å². The van der Waals surface area contributed by atoms with Gasteiger partial charge in [0.25, 0.3) is 0 Å². The summed E-state index contributed by atoms with van der Waals surface area (Å²) in [5, 5.41) is 11.5. The molecule has 116 valence electrons. The summed E-state index contributed by atoms with van der Waals surface area (Å²) in [5.74, 6) is -0.859. The molecular formula is C21H20O2. The third kappa shape index (κ3) is 3.11. The second kappa shape index (κ2) is 6.25. The zero-order valence-corrected chi connectivity index (χ0v) is 13.5. The Balaban J connectivity index is 0.000000137. The molecule has 1 N–H and O–H groups in total. The van der Waals surface area contributed by atoms with E-state index in [0.29, 0.717) is 5.56 Å². The maximum Gasteiger partial charge on any atom is 0.335 e. The lowest BCUT2D eigenvalue weighted by Gasteiger charge is -2.20. The van der Waals surface area contributed by atoms with Crippen LogP contribution in [0.3, 0.4) is 0 Å². The molecule has 0 amide bonds. The van der Waals surface area contributed by atoms with E-state index >= 15 is 0 Å². The fourth-order valence-corrected chi connectivity index (χ4v) is 3.05. The van der Waals surface area contributed by atoms with Crippen molar-refractivity contribution in [3.05, 3.63) is 82.4 Å². The minimum atomic E-state index is -0.859. The highest BCUT2D eigenvalue weighted by atomic mass is 16.4. The van der Waals surface area contributed by atoms with Gasteiger partial charge < -0.3 is 5.11 Å². The molecule has 0 aliphatic heterocycles. The summed E-state index contributed by atoms with van der Waals surface area (Å²) in [6.07, 6.45) is 2.55. The predicted molar refractivity (Wildman–Crippen MR) is 94.2 cm³/mol. The number of rotatable bonds is 1. The zero-order chi connectivity index (χ0) is 16.4. The van der Waals surface area contributed by atoms with Gasteiger partial charge in [-0.2, -0.15) is 0 Å². The minimum absolute atomic E-state index is 0.385. The number of hydrogen-bond acceptors (Lipinski definition) is 1. The highest BCUT2D eigenvalue weighted by Crippen LogP contribution is 2.30. The summed E-state index contributed by atoms with van der Waals surface area (Å²) in [6.45, 7) is 3.75. The molecular weight excluding hydrogens is 284 g/mol. The van der Waals surface area contributed by atoms with Crippen LogP contribution in [0.1, 0.15) is 32.6 Å². The third-order valence-corrected chi connectivity index (χ3v) is 4.39. The molecule has 2 nitrogen and oxygen atoms in total. The van der Waals surface area contributed by atoms with E-state index in [1.54, 1.807) is 30.2 Å². The lowest BCUT2D eigenvalue weighted by molar-refractivity contribution is 0.0696.